The molecule has 0 saturated heterocycles. The largest absolute Gasteiger partial charge is 0.497 e. The van der Waals surface area contributed by atoms with Crippen molar-refractivity contribution in [1.82, 2.24) is 14.9 Å². The zero-order valence-corrected chi connectivity index (χ0v) is 15.3. The molecule has 2 heterocycles. The van der Waals surface area contributed by atoms with Crippen molar-refractivity contribution in [2.75, 3.05) is 12.4 Å². The van der Waals surface area contributed by atoms with Crippen LogP contribution in [0.15, 0.2) is 73.2 Å². The maximum atomic E-state index is 5.66. The van der Waals surface area contributed by atoms with Gasteiger partial charge in [0.05, 0.1) is 19.3 Å². The summed E-state index contributed by atoms with van der Waals surface area (Å²) >= 11 is 5.66. The van der Waals surface area contributed by atoms with Gasteiger partial charge < -0.3 is 15.0 Å². The van der Waals surface area contributed by atoms with Crippen LogP contribution in [0.5, 0.6) is 5.75 Å². The van der Waals surface area contributed by atoms with E-state index in [1.165, 1.54) is 0 Å². The number of pyridine rings is 2. The van der Waals surface area contributed by atoms with E-state index in [-0.39, 0.29) is 0 Å². The van der Waals surface area contributed by atoms with Gasteiger partial charge in [0.1, 0.15) is 5.75 Å². The van der Waals surface area contributed by atoms with E-state index in [0.29, 0.717) is 18.2 Å². The van der Waals surface area contributed by atoms with Gasteiger partial charge in [0.2, 0.25) is 0 Å². The minimum atomic E-state index is 0.603. The smallest absolute Gasteiger partial charge is 0.174 e. The molecule has 0 atom stereocenters. The second-order valence-electron chi connectivity index (χ2n) is 5.70. The monoisotopic (exact) mass is 364 g/mol. The van der Waals surface area contributed by atoms with E-state index in [0.717, 1.165) is 22.7 Å². The van der Waals surface area contributed by atoms with Gasteiger partial charge in [-0.1, -0.05) is 18.2 Å². The molecule has 1 aromatic carbocycles. The van der Waals surface area contributed by atoms with Gasteiger partial charge in [-0.05, 0) is 48.1 Å². The zero-order valence-electron chi connectivity index (χ0n) is 14.5. The predicted molar refractivity (Wildman–Crippen MR) is 107 cm³/mol. The third kappa shape index (κ3) is 5.00. The highest BCUT2D eigenvalue weighted by molar-refractivity contribution is 7.80. The Balaban J connectivity index is 1.77. The first-order valence-electron chi connectivity index (χ1n) is 8.23. The number of benzene rings is 1. The lowest BCUT2D eigenvalue weighted by Gasteiger charge is -2.25. The number of ether oxygens (including phenoxy) is 1. The number of hydrogen-bond donors (Lipinski definition) is 1. The molecule has 0 unspecified atom stereocenters. The lowest BCUT2D eigenvalue weighted by molar-refractivity contribution is 0.406. The van der Waals surface area contributed by atoms with E-state index in [2.05, 4.69) is 20.2 Å². The van der Waals surface area contributed by atoms with E-state index in [9.17, 15) is 0 Å². The van der Waals surface area contributed by atoms with Crippen LogP contribution in [-0.2, 0) is 13.1 Å². The molecule has 0 aliphatic rings. The highest BCUT2D eigenvalue weighted by atomic mass is 32.1. The quantitative estimate of drug-likeness (QED) is 0.670. The molecule has 0 bridgehead atoms. The standard InChI is InChI=1S/C20H20N4OS/c1-25-19-9-4-8-17(12-19)23-20(26)24(14-16-6-5-10-21-13-16)15-18-7-2-3-11-22-18/h2-13H,14-15H2,1H3,(H,23,26). The highest BCUT2D eigenvalue weighted by Crippen LogP contribution is 2.18. The van der Waals surface area contributed by atoms with Crippen molar-refractivity contribution in [3.05, 3.63) is 84.4 Å². The normalized spacial score (nSPS) is 10.2. The molecule has 0 saturated carbocycles. The summed E-state index contributed by atoms with van der Waals surface area (Å²) in [6.07, 6.45) is 5.40. The van der Waals surface area contributed by atoms with Crippen molar-refractivity contribution in [3.8, 4) is 5.75 Å². The molecule has 3 aromatic rings. The van der Waals surface area contributed by atoms with Crippen molar-refractivity contribution in [3.63, 3.8) is 0 Å². The summed E-state index contributed by atoms with van der Waals surface area (Å²) in [7, 11) is 1.65. The molecular weight excluding hydrogens is 344 g/mol. The highest BCUT2D eigenvalue weighted by Gasteiger charge is 2.13. The van der Waals surface area contributed by atoms with Gasteiger partial charge >= 0.3 is 0 Å². The van der Waals surface area contributed by atoms with Crippen molar-refractivity contribution < 1.29 is 4.74 Å². The van der Waals surface area contributed by atoms with Crippen LogP contribution in [0, 0.1) is 0 Å². The third-order valence-electron chi connectivity index (χ3n) is 3.78. The fourth-order valence-electron chi connectivity index (χ4n) is 2.50. The fourth-order valence-corrected chi connectivity index (χ4v) is 2.75. The second kappa shape index (κ2) is 8.92. The summed E-state index contributed by atoms with van der Waals surface area (Å²) in [6.45, 7) is 1.24. The SMILES string of the molecule is COc1cccc(NC(=S)N(Cc2cccnc2)Cc2ccccn2)c1. The number of thiocarbonyl (C=S) groups is 1. The summed E-state index contributed by atoms with van der Waals surface area (Å²) < 4.78 is 5.27. The molecule has 26 heavy (non-hydrogen) atoms. The maximum Gasteiger partial charge on any atom is 0.174 e. The number of methoxy groups -OCH3 is 1. The molecule has 1 N–H and O–H groups in total. The molecule has 0 aliphatic carbocycles. The molecule has 2 aromatic heterocycles. The van der Waals surface area contributed by atoms with Crippen LogP contribution in [0.25, 0.3) is 0 Å². The Morgan fingerprint density at radius 2 is 2.00 bits per heavy atom. The first-order chi connectivity index (χ1) is 12.7. The van der Waals surface area contributed by atoms with Crippen molar-refractivity contribution >= 4 is 23.0 Å². The molecular formula is C20H20N4OS. The number of nitrogens with one attached hydrogen (secondary N) is 1. The number of rotatable bonds is 6. The van der Waals surface area contributed by atoms with Gasteiger partial charge in [-0.25, -0.2) is 0 Å². The minimum Gasteiger partial charge on any atom is -0.497 e. The average Bonchev–Trinajstić information content (AvgIpc) is 2.69. The predicted octanol–water partition coefficient (Wildman–Crippen LogP) is 3.88. The van der Waals surface area contributed by atoms with Crippen LogP contribution in [0.1, 0.15) is 11.3 Å². The summed E-state index contributed by atoms with van der Waals surface area (Å²) in [4.78, 5) is 10.7. The first kappa shape index (κ1) is 17.8. The van der Waals surface area contributed by atoms with Gasteiger partial charge in [0.25, 0.3) is 0 Å². The maximum absolute atomic E-state index is 5.66. The number of hydrogen-bond acceptors (Lipinski definition) is 4. The van der Waals surface area contributed by atoms with E-state index in [4.69, 9.17) is 17.0 Å². The Kier molecular flexibility index (Phi) is 6.11. The Labute approximate surface area is 158 Å². The van der Waals surface area contributed by atoms with Crippen LogP contribution in [0.2, 0.25) is 0 Å². The first-order valence-corrected chi connectivity index (χ1v) is 8.64. The minimum absolute atomic E-state index is 0.603. The van der Waals surface area contributed by atoms with Crippen LogP contribution in [0.3, 0.4) is 0 Å². The molecule has 0 radical (unpaired) electrons. The average molecular weight is 364 g/mol. The van der Waals surface area contributed by atoms with E-state index in [1.54, 1.807) is 19.5 Å². The summed E-state index contributed by atoms with van der Waals surface area (Å²) in [5, 5.41) is 3.90. The van der Waals surface area contributed by atoms with Gasteiger partial charge in [0.15, 0.2) is 5.11 Å². The fraction of sp³-hybridized carbons (Fsp3) is 0.150. The van der Waals surface area contributed by atoms with Gasteiger partial charge in [-0.15, -0.1) is 0 Å². The van der Waals surface area contributed by atoms with Gasteiger partial charge in [-0.3, -0.25) is 9.97 Å². The molecule has 6 heteroatoms. The van der Waals surface area contributed by atoms with Crippen LogP contribution in [0.4, 0.5) is 5.69 Å². The van der Waals surface area contributed by atoms with Gasteiger partial charge in [0, 0.05) is 36.9 Å². The Hall–Kier alpha value is -2.99. The third-order valence-corrected chi connectivity index (χ3v) is 4.14. The van der Waals surface area contributed by atoms with Gasteiger partial charge in [-0.2, -0.15) is 0 Å². The molecule has 3 rings (SSSR count). The second-order valence-corrected chi connectivity index (χ2v) is 6.09. The van der Waals surface area contributed by atoms with Crippen molar-refractivity contribution in [1.29, 1.82) is 0 Å². The lowest BCUT2D eigenvalue weighted by Crippen LogP contribution is -2.34. The van der Waals surface area contributed by atoms with E-state index >= 15 is 0 Å². The topological polar surface area (TPSA) is 50.3 Å². The molecule has 5 nitrogen and oxygen atoms in total. The number of nitrogens with zero attached hydrogens (tertiary/aromatic N) is 3. The lowest BCUT2D eigenvalue weighted by atomic mass is 10.2. The number of anilines is 1. The Morgan fingerprint density at radius 3 is 2.73 bits per heavy atom. The zero-order chi connectivity index (χ0) is 18.2. The Bertz CT molecular complexity index is 801. The van der Waals surface area contributed by atoms with Crippen LogP contribution in [-0.4, -0.2) is 27.1 Å². The van der Waals surface area contributed by atoms with Crippen molar-refractivity contribution in [2.45, 2.75) is 13.1 Å². The summed E-state index contributed by atoms with van der Waals surface area (Å²) in [5.41, 5.74) is 2.91. The van der Waals surface area contributed by atoms with E-state index in [1.807, 2.05) is 60.8 Å². The molecule has 0 fully saturated rings. The van der Waals surface area contributed by atoms with E-state index < -0.39 is 0 Å². The van der Waals surface area contributed by atoms with Crippen LogP contribution >= 0.6 is 12.2 Å². The Morgan fingerprint density at radius 1 is 1.08 bits per heavy atom. The molecule has 0 amide bonds. The molecule has 132 valence electrons. The molecule has 0 spiro atoms. The summed E-state index contributed by atoms with van der Waals surface area (Å²) in [6, 6.07) is 17.5. The summed E-state index contributed by atoms with van der Waals surface area (Å²) in [5.74, 6) is 0.779. The van der Waals surface area contributed by atoms with Crippen LogP contribution < -0.4 is 10.1 Å². The molecule has 0 aliphatic heterocycles. The van der Waals surface area contributed by atoms with Crippen molar-refractivity contribution in [2.24, 2.45) is 0 Å². The number of aromatic nitrogens is 2.